The van der Waals surface area contributed by atoms with Gasteiger partial charge in [-0.25, -0.2) is 5.43 Å². The third-order valence-corrected chi connectivity index (χ3v) is 4.14. The molecule has 0 fully saturated rings. The van der Waals surface area contributed by atoms with Crippen molar-refractivity contribution >= 4 is 17.0 Å². The van der Waals surface area contributed by atoms with E-state index in [1.165, 1.54) is 10.4 Å². The lowest BCUT2D eigenvalue weighted by Gasteiger charge is -2.07. The number of hydrazine groups is 1. The first kappa shape index (κ1) is 13.2. The van der Waals surface area contributed by atoms with E-state index in [0.29, 0.717) is 0 Å². The summed E-state index contributed by atoms with van der Waals surface area (Å²) in [4.78, 5) is 1.32. The third-order valence-electron chi connectivity index (χ3n) is 3.18. The van der Waals surface area contributed by atoms with Gasteiger partial charge in [-0.15, -0.1) is 11.3 Å². The predicted octanol–water partition coefficient (Wildman–Crippen LogP) is 3.73. The van der Waals surface area contributed by atoms with Gasteiger partial charge >= 0.3 is 0 Å². The second-order valence-corrected chi connectivity index (χ2v) is 5.69. The molecule has 1 aliphatic heterocycles. The van der Waals surface area contributed by atoms with Crippen molar-refractivity contribution < 1.29 is 4.74 Å². The number of thiophene rings is 1. The van der Waals surface area contributed by atoms with Crippen LogP contribution in [0, 0.1) is 0 Å². The standard InChI is InChI=1S/C16H18N2OS/c1-2-9-19-13-7-5-12(6-8-13)14-11-15(18-17-14)16-4-3-10-20-16/h3-8,10-11,15,17-18H,2,9H2,1H3. The Hall–Kier alpha value is -1.78. The summed E-state index contributed by atoms with van der Waals surface area (Å²) in [5.74, 6) is 0.928. The van der Waals surface area contributed by atoms with Gasteiger partial charge in [0.15, 0.2) is 0 Å². The second-order valence-electron chi connectivity index (χ2n) is 4.72. The molecule has 20 heavy (non-hydrogen) atoms. The number of hydrogen-bond acceptors (Lipinski definition) is 4. The smallest absolute Gasteiger partial charge is 0.119 e. The fourth-order valence-electron chi connectivity index (χ4n) is 2.15. The highest BCUT2D eigenvalue weighted by Crippen LogP contribution is 2.27. The molecule has 104 valence electrons. The highest BCUT2D eigenvalue weighted by molar-refractivity contribution is 7.10. The molecule has 0 radical (unpaired) electrons. The summed E-state index contributed by atoms with van der Waals surface area (Å²) in [6.07, 6.45) is 3.24. The molecule has 0 aliphatic carbocycles. The lowest BCUT2D eigenvalue weighted by Crippen LogP contribution is -2.25. The van der Waals surface area contributed by atoms with Gasteiger partial charge in [0.05, 0.1) is 18.3 Å². The van der Waals surface area contributed by atoms with Gasteiger partial charge in [0.2, 0.25) is 0 Å². The zero-order valence-electron chi connectivity index (χ0n) is 11.4. The van der Waals surface area contributed by atoms with Crippen molar-refractivity contribution in [1.29, 1.82) is 0 Å². The average Bonchev–Trinajstić information content (AvgIpc) is 3.16. The molecule has 0 saturated carbocycles. The number of nitrogens with one attached hydrogen (secondary N) is 2. The van der Waals surface area contributed by atoms with Gasteiger partial charge < -0.3 is 10.2 Å². The van der Waals surface area contributed by atoms with E-state index >= 15 is 0 Å². The molecule has 1 atom stereocenters. The van der Waals surface area contributed by atoms with Crippen LogP contribution in [-0.4, -0.2) is 6.61 Å². The van der Waals surface area contributed by atoms with Crippen LogP contribution in [0.3, 0.4) is 0 Å². The Balaban J connectivity index is 1.72. The summed E-state index contributed by atoms with van der Waals surface area (Å²) in [6.45, 7) is 2.88. The van der Waals surface area contributed by atoms with Crippen LogP contribution >= 0.6 is 11.3 Å². The molecule has 3 rings (SSSR count). The van der Waals surface area contributed by atoms with Crippen molar-refractivity contribution in [2.45, 2.75) is 19.4 Å². The molecule has 0 saturated heterocycles. The SMILES string of the molecule is CCCOc1ccc(C2=CC(c3cccs3)NN2)cc1. The normalized spacial score (nSPS) is 17.6. The third kappa shape index (κ3) is 2.86. The molecule has 3 nitrogen and oxygen atoms in total. The average molecular weight is 286 g/mol. The van der Waals surface area contributed by atoms with Gasteiger partial charge in [-0.05, 0) is 53.8 Å². The van der Waals surface area contributed by atoms with E-state index in [0.717, 1.165) is 24.5 Å². The van der Waals surface area contributed by atoms with E-state index < -0.39 is 0 Å². The van der Waals surface area contributed by atoms with Crippen molar-refractivity contribution in [2.75, 3.05) is 6.61 Å². The molecular formula is C16H18N2OS. The minimum absolute atomic E-state index is 0.251. The molecule has 1 aliphatic rings. The molecule has 0 spiro atoms. The van der Waals surface area contributed by atoms with Gasteiger partial charge in [0, 0.05) is 4.88 Å². The Labute approximate surface area is 123 Å². The maximum Gasteiger partial charge on any atom is 0.119 e. The fraction of sp³-hybridized carbons (Fsp3) is 0.250. The van der Waals surface area contributed by atoms with Crippen LogP contribution in [0.2, 0.25) is 0 Å². The van der Waals surface area contributed by atoms with Crippen LogP contribution in [0.4, 0.5) is 0 Å². The first-order valence-electron chi connectivity index (χ1n) is 6.87. The number of ether oxygens (including phenoxy) is 1. The summed E-state index contributed by atoms with van der Waals surface area (Å²) in [6, 6.07) is 12.7. The molecule has 0 bridgehead atoms. The highest BCUT2D eigenvalue weighted by atomic mass is 32.1. The molecule has 2 N–H and O–H groups in total. The number of hydrogen-bond donors (Lipinski definition) is 2. The quantitative estimate of drug-likeness (QED) is 0.878. The second kappa shape index (κ2) is 6.11. The first-order chi connectivity index (χ1) is 9.86. The molecule has 1 aromatic heterocycles. The van der Waals surface area contributed by atoms with Crippen LogP contribution in [0.15, 0.2) is 47.9 Å². The Morgan fingerprint density at radius 1 is 1.20 bits per heavy atom. The summed E-state index contributed by atoms with van der Waals surface area (Å²) in [5.41, 5.74) is 8.83. The summed E-state index contributed by atoms with van der Waals surface area (Å²) >= 11 is 1.76. The van der Waals surface area contributed by atoms with Crippen LogP contribution in [0.25, 0.3) is 5.70 Å². The van der Waals surface area contributed by atoms with Crippen molar-refractivity contribution in [3.8, 4) is 5.75 Å². The van der Waals surface area contributed by atoms with Gasteiger partial charge in [-0.2, -0.15) is 0 Å². The minimum Gasteiger partial charge on any atom is -0.494 e. The number of rotatable bonds is 5. The van der Waals surface area contributed by atoms with E-state index in [-0.39, 0.29) is 6.04 Å². The van der Waals surface area contributed by atoms with Crippen molar-refractivity contribution in [1.82, 2.24) is 10.9 Å². The van der Waals surface area contributed by atoms with E-state index in [1.807, 2.05) is 12.1 Å². The van der Waals surface area contributed by atoms with E-state index in [2.05, 4.69) is 53.5 Å². The predicted molar refractivity (Wildman–Crippen MR) is 83.5 cm³/mol. The molecule has 1 unspecified atom stereocenters. The lowest BCUT2D eigenvalue weighted by molar-refractivity contribution is 0.317. The van der Waals surface area contributed by atoms with Gasteiger partial charge in [-0.3, -0.25) is 0 Å². The molecule has 4 heteroatoms. The maximum absolute atomic E-state index is 5.60. The van der Waals surface area contributed by atoms with Gasteiger partial charge in [-0.1, -0.05) is 13.0 Å². The first-order valence-corrected chi connectivity index (χ1v) is 7.75. The molecule has 1 aromatic carbocycles. The highest BCUT2D eigenvalue weighted by Gasteiger charge is 2.17. The van der Waals surface area contributed by atoms with E-state index in [1.54, 1.807) is 11.3 Å². The van der Waals surface area contributed by atoms with Gasteiger partial charge in [0.1, 0.15) is 5.75 Å². The zero-order chi connectivity index (χ0) is 13.8. The monoisotopic (exact) mass is 286 g/mol. The summed E-state index contributed by atoms with van der Waals surface area (Å²) < 4.78 is 5.60. The summed E-state index contributed by atoms with van der Waals surface area (Å²) in [5, 5.41) is 2.10. The van der Waals surface area contributed by atoms with Crippen LogP contribution in [-0.2, 0) is 0 Å². The van der Waals surface area contributed by atoms with Gasteiger partial charge in [0.25, 0.3) is 0 Å². The zero-order valence-corrected chi connectivity index (χ0v) is 12.2. The summed E-state index contributed by atoms with van der Waals surface area (Å²) in [7, 11) is 0. The topological polar surface area (TPSA) is 33.3 Å². The number of benzene rings is 1. The molecular weight excluding hydrogens is 268 g/mol. The van der Waals surface area contributed by atoms with Crippen LogP contribution < -0.4 is 15.6 Å². The Bertz CT molecular complexity index is 575. The van der Waals surface area contributed by atoms with Crippen LogP contribution in [0.1, 0.15) is 29.8 Å². The van der Waals surface area contributed by atoms with E-state index in [4.69, 9.17) is 4.74 Å². The molecule has 2 heterocycles. The minimum atomic E-state index is 0.251. The van der Waals surface area contributed by atoms with Crippen molar-refractivity contribution in [2.24, 2.45) is 0 Å². The maximum atomic E-state index is 5.60. The van der Waals surface area contributed by atoms with Crippen LogP contribution in [0.5, 0.6) is 5.75 Å². The largest absolute Gasteiger partial charge is 0.494 e. The molecule has 0 amide bonds. The Morgan fingerprint density at radius 2 is 2.05 bits per heavy atom. The fourth-order valence-corrected chi connectivity index (χ4v) is 2.89. The van der Waals surface area contributed by atoms with E-state index in [9.17, 15) is 0 Å². The van der Waals surface area contributed by atoms with Crippen molar-refractivity contribution in [3.63, 3.8) is 0 Å². The van der Waals surface area contributed by atoms with Crippen molar-refractivity contribution in [3.05, 3.63) is 58.3 Å². The lowest BCUT2D eigenvalue weighted by atomic mass is 10.1. The Morgan fingerprint density at radius 3 is 2.75 bits per heavy atom. The molecule has 2 aromatic rings. The Kier molecular flexibility index (Phi) is 4.04.